The van der Waals surface area contributed by atoms with Crippen LogP contribution in [-0.4, -0.2) is 0 Å². The summed E-state index contributed by atoms with van der Waals surface area (Å²) >= 11 is 0. The van der Waals surface area contributed by atoms with Crippen LogP contribution in [0.25, 0.3) is 88.3 Å². The summed E-state index contributed by atoms with van der Waals surface area (Å²) in [5, 5.41) is 5.20. The molecule has 0 unspecified atom stereocenters. The molecule has 9 aromatic carbocycles. The second-order valence-electron chi connectivity index (χ2n) is 17.4. The SMILES string of the molecule is Cc1ccc(-c2cc3c(c4c2COc2cc5c(cc2-4)-c2c(c(-c4ccc(C)cc4)cc4c2-c2c(ccc6ccccc26)CC4)CO5)-c2c(ccc4ccccc24)CC3)cc1. The lowest BCUT2D eigenvalue weighted by atomic mass is 9.73. The average molecular weight is 771 g/mol. The van der Waals surface area contributed by atoms with Crippen molar-refractivity contribution >= 4 is 21.5 Å². The van der Waals surface area contributed by atoms with Crippen LogP contribution in [0.2, 0.25) is 0 Å². The van der Waals surface area contributed by atoms with Gasteiger partial charge >= 0.3 is 0 Å². The van der Waals surface area contributed by atoms with E-state index in [1.807, 2.05) is 0 Å². The Morgan fingerprint density at radius 3 is 1.25 bits per heavy atom. The van der Waals surface area contributed by atoms with Gasteiger partial charge in [-0.25, -0.2) is 0 Å². The molecule has 0 saturated carbocycles. The number of benzene rings is 9. The van der Waals surface area contributed by atoms with E-state index in [1.54, 1.807) is 0 Å². The van der Waals surface area contributed by atoms with Crippen molar-refractivity contribution in [2.24, 2.45) is 0 Å². The average Bonchev–Trinajstić information content (AvgIpc) is 3.30. The molecule has 0 atom stereocenters. The van der Waals surface area contributed by atoms with Gasteiger partial charge in [0.1, 0.15) is 24.7 Å². The molecule has 2 aliphatic carbocycles. The van der Waals surface area contributed by atoms with Gasteiger partial charge in [-0.2, -0.15) is 0 Å². The van der Waals surface area contributed by atoms with E-state index in [2.05, 4.69) is 159 Å². The zero-order valence-corrected chi connectivity index (χ0v) is 33.9. The van der Waals surface area contributed by atoms with Gasteiger partial charge in [0.2, 0.25) is 0 Å². The third kappa shape index (κ3) is 4.94. The second-order valence-corrected chi connectivity index (χ2v) is 17.4. The monoisotopic (exact) mass is 770 g/mol. The summed E-state index contributed by atoms with van der Waals surface area (Å²) in [7, 11) is 0. The van der Waals surface area contributed by atoms with Crippen LogP contribution in [0.1, 0.15) is 44.5 Å². The van der Waals surface area contributed by atoms with E-state index >= 15 is 0 Å². The summed E-state index contributed by atoms with van der Waals surface area (Å²) in [6, 6.07) is 55.0. The molecule has 60 heavy (non-hydrogen) atoms. The van der Waals surface area contributed by atoms with Crippen LogP contribution in [0.5, 0.6) is 11.5 Å². The quantitative estimate of drug-likeness (QED) is 0.174. The number of aryl methyl sites for hydroxylation is 6. The maximum absolute atomic E-state index is 6.91. The van der Waals surface area contributed by atoms with Crippen molar-refractivity contribution < 1.29 is 9.47 Å². The second kappa shape index (κ2) is 12.8. The highest BCUT2D eigenvalue weighted by Gasteiger charge is 2.35. The van der Waals surface area contributed by atoms with Crippen LogP contribution >= 0.6 is 0 Å². The van der Waals surface area contributed by atoms with Gasteiger partial charge in [0.25, 0.3) is 0 Å². The van der Waals surface area contributed by atoms with Gasteiger partial charge in [0.15, 0.2) is 0 Å². The molecule has 0 spiro atoms. The molecular formula is C58H42O2. The van der Waals surface area contributed by atoms with E-state index < -0.39 is 0 Å². The molecule has 9 aromatic rings. The standard InChI is InChI=1S/C58H42O2/c1-33-11-15-37(16-12-33)45-27-41-25-23-39-21-19-35-7-3-5-9-43(35)53(39)55(41)57-47-29-48-52(30-51(47)59-31-49(45)57)60-32-50-46(38-17-13-34(2)14-18-38)28-42-26-24-40-22-20-36-8-4-6-10-44(36)54(40)56(42)58(48)50/h3-22,27-30H,23-26,31-32H2,1-2H3. The highest BCUT2D eigenvalue weighted by atomic mass is 16.5. The Balaban J connectivity index is 1.14. The van der Waals surface area contributed by atoms with Gasteiger partial charge < -0.3 is 9.47 Å². The number of ether oxygens (including phenoxy) is 2. The Kier molecular flexibility index (Phi) is 7.25. The summed E-state index contributed by atoms with van der Waals surface area (Å²) in [6.45, 7) is 5.34. The third-order valence-electron chi connectivity index (χ3n) is 14.0. The lowest BCUT2D eigenvalue weighted by Gasteiger charge is -2.34. The first-order chi connectivity index (χ1) is 29.6. The molecule has 2 nitrogen and oxygen atoms in total. The molecule has 4 aliphatic rings. The molecule has 13 rings (SSSR count). The summed E-state index contributed by atoms with van der Waals surface area (Å²) in [5.41, 5.74) is 26.2. The number of hydrogen-bond acceptors (Lipinski definition) is 2. The fraction of sp³-hybridized carbons (Fsp3) is 0.138. The highest BCUT2D eigenvalue weighted by Crippen LogP contribution is 2.58. The molecule has 0 saturated heterocycles. The lowest BCUT2D eigenvalue weighted by Crippen LogP contribution is -2.16. The predicted octanol–water partition coefficient (Wildman–Crippen LogP) is 14.6. The van der Waals surface area contributed by atoms with E-state index in [4.69, 9.17) is 9.47 Å². The Labute approximate surface area is 350 Å². The van der Waals surface area contributed by atoms with Crippen LogP contribution in [0.15, 0.2) is 146 Å². The number of hydrogen-bond donors (Lipinski definition) is 0. The molecule has 2 heteroatoms. The van der Waals surface area contributed by atoms with E-state index in [0.29, 0.717) is 13.2 Å². The predicted molar refractivity (Wildman–Crippen MR) is 247 cm³/mol. The topological polar surface area (TPSA) is 18.5 Å². The highest BCUT2D eigenvalue weighted by molar-refractivity contribution is 6.09. The van der Waals surface area contributed by atoms with Crippen molar-refractivity contribution in [3.63, 3.8) is 0 Å². The maximum Gasteiger partial charge on any atom is 0.131 e. The van der Waals surface area contributed by atoms with E-state index in [-0.39, 0.29) is 0 Å². The Bertz CT molecular complexity index is 3090. The van der Waals surface area contributed by atoms with Gasteiger partial charge in [0, 0.05) is 39.4 Å². The minimum atomic E-state index is 0.501. The van der Waals surface area contributed by atoms with Crippen LogP contribution in [-0.2, 0) is 38.9 Å². The summed E-state index contributed by atoms with van der Waals surface area (Å²) in [4.78, 5) is 0. The van der Waals surface area contributed by atoms with Crippen molar-refractivity contribution in [2.75, 3.05) is 0 Å². The first kappa shape index (κ1) is 34.0. The first-order valence-corrected chi connectivity index (χ1v) is 21.5. The van der Waals surface area contributed by atoms with Crippen LogP contribution in [0.4, 0.5) is 0 Å². The third-order valence-corrected chi connectivity index (χ3v) is 14.0. The molecule has 0 fully saturated rings. The lowest BCUT2D eigenvalue weighted by molar-refractivity contribution is 0.286. The molecule has 0 bridgehead atoms. The number of rotatable bonds is 2. The Morgan fingerprint density at radius 2 is 0.783 bits per heavy atom. The van der Waals surface area contributed by atoms with Crippen LogP contribution < -0.4 is 9.47 Å². The largest absolute Gasteiger partial charge is 0.488 e. The minimum Gasteiger partial charge on any atom is -0.488 e. The molecule has 2 aliphatic heterocycles. The molecule has 0 amide bonds. The molecule has 0 aromatic heterocycles. The molecule has 0 N–H and O–H groups in total. The van der Waals surface area contributed by atoms with Crippen molar-refractivity contribution in [1.82, 2.24) is 0 Å². The van der Waals surface area contributed by atoms with Crippen molar-refractivity contribution in [2.45, 2.75) is 52.7 Å². The van der Waals surface area contributed by atoms with Crippen LogP contribution in [0, 0.1) is 13.8 Å². The zero-order valence-electron chi connectivity index (χ0n) is 33.9. The van der Waals surface area contributed by atoms with Crippen molar-refractivity contribution in [1.29, 1.82) is 0 Å². The van der Waals surface area contributed by atoms with Gasteiger partial charge in [-0.3, -0.25) is 0 Å². The van der Waals surface area contributed by atoms with E-state index in [1.165, 1.54) is 122 Å². The molecular weight excluding hydrogens is 729 g/mol. The van der Waals surface area contributed by atoms with Crippen molar-refractivity contribution in [3.8, 4) is 78.3 Å². The summed E-state index contributed by atoms with van der Waals surface area (Å²) < 4.78 is 13.8. The van der Waals surface area contributed by atoms with Gasteiger partial charge in [-0.05, 0) is 134 Å². The van der Waals surface area contributed by atoms with Gasteiger partial charge in [-0.1, -0.05) is 145 Å². The van der Waals surface area contributed by atoms with Crippen molar-refractivity contribution in [3.05, 3.63) is 190 Å². The van der Waals surface area contributed by atoms with E-state index in [0.717, 1.165) is 48.3 Å². The smallest absolute Gasteiger partial charge is 0.131 e. The van der Waals surface area contributed by atoms with Gasteiger partial charge in [-0.15, -0.1) is 0 Å². The minimum absolute atomic E-state index is 0.501. The normalized spacial score (nSPS) is 14.0. The number of fused-ring (bicyclic) bond motifs is 18. The molecule has 286 valence electrons. The van der Waals surface area contributed by atoms with Crippen LogP contribution in [0.3, 0.4) is 0 Å². The molecule has 2 heterocycles. The fourth-order valence-electron chi connectivity index (χ4n) is 11.1. The zero-order chi connectivity index (χ0) is 39.6. The summed E-state index contributed by atoms with van der Waals surface area (Å²) in [5.74, 6) is 1.80. The summed E-state index contributed by atoms with van der Waals surface area (Å²) in [6.07, 6.45) is 4.04. The first-order valence-electron chi connectivity index (χ1n) is 21.5. The fourth-order valence-corrected chi connectivity index (χ4v) is 11.1. The Morgan fingerprint density at radius 1 is 0.350 bits per heavy atom. The maximum atomic E-state index is 6.91. The van der Waals surface area contributed by atoms with E-state index in [9.17, 15) is 0 Å². The van der Waals surface area contributed by atoms with Gasteiger partial charge in [0.05, 0.1) is 0 Å². The Hall–Kier alpha value is -6.90. The molecule has 0 radical (unpaired) electrons.